The van der Waals surface area contributed by atoms with E-state index < -0.39 is 15.0 Å². The molecule has 0 amide bonds. The molecule has 0 bridgehead atoms. The Hall–Kier alpha value is 0.270. The van der Waals surface area contributed by atoms with Crippen molar-refractivity contribution in [2.45, 2.75) is 31.9 Å². The molecule has 2 nitrogen and oxygen atoms in total. The maximum atomic E-state index is 11.7. The van der Waals surface area contributed by atoms with Crippen LogP contribution >= 0.6 is 23.6 Å². The van der Waals surface area contributed by atoms with Gasteiger partial charge >= 0.3 is 0 Å². The van der Waals surface area contributed by atoms with Gasteiger partial charge in [-0.15, -0.1) is 11.6 Å². The predicted molar refractivity (Wildman–Crippen MR) is 55.8 cm³/mol. The minimum absolute atomic E-state index is 0.194. The monoisotopic (exact) mass is 222 g/mol. The van der Waals surface area contributed by atoms with Gasteiger partial charge in [0.15, 0.2) is 0 Å². The van der Waals surface area contributed by atoms with E-state index in [-0.39, 0.29) is 5.78 Å². The lowest BCUT2D eigenvalue weighted by atomic mass is 9.54. The van der Waals surface area contributed by atoms with Crippen LogP contribution in [0.1, 0.15) is 27.7 Å². The van der Waals surface area contributed by atoms with Gasteiger partial charge in [0, 0.05) is 12.0 Å². The molecule has 0 aromatic carbocycles. The highest BCUT2D eigenvalue weighted by molar-refractivity contribution is 7.97. The van der Waals surface area contributed by atoms with Gasteiger partial charge in [0.2, 0.25) is 0 Å². The van der Waals surface area contributed by atoms with E-state index in [1.54, 1.807) is 7.11 Å². The normalized spacial score (nSPS) is 28.3. The summed E-state index contributed by atoms with van der Waals surface area (Å²) in [5.74, 6) is 0.194. The van der Waals surface area contributed by atoms with Gasteiger partial charge in [0.05, 0.1) is 17.9 Å². The Labute approximate surface area is 88.6 Å². The van der Waals surface area contributed by atoms with Crippen molar-refractivity contribution < 1.29 is 8.98 Å². The van der Waals surface area contributed by atoms with E-state index in [1.165, 1.54) is 12.0 Å². The van der Waals surface area contributed by atoms with Gasteiger partial charge < -0.3 is 4.18 Å². The SMILES string of the molecule is COSC1(Cl)C(C)(C)C(=O)C1(C)C. The fraction of sp³-hybridized carbons (Fsp3) is 0.889. The molecule has 4 heteroatoms. The van der Waals surface area contributed by atoms with Gasteiger partial charge in [0.1, 0.15) is 9.99 Å². The molecule has 0 atom stereocenters. The van der Waals surface area contributed by atoms with E-state index in [2.05, 4.69) is 0 Å². The molecule has 0 aromatic heterocycles. The van der Waals surface area contributed by atoms with Crippen LogP contribution < -0.4 is 0 Å². The lowest BCUT2D eigenvalue weighted by molar-refractivity contribution is -0.153. The van der Waals surface area contributed by atoms with Gasteiger partial charge in [-0.25, -0.2) is 0 Å². The first kappa shape index (κ1) is 11.3. The first-order valence-electron chi connectivity index (χ1n) is 4.17. The lowest BCUT2D eigenvalue weighted by Gasteiger charge is -2.60. The molecule has 0 N–H and O–H groups in total. The molecule has 1 saturated carbocycles. The zero-order valence-corrected chi connectivity index (χ0v) is 10.2. The highest BCUT2D eigenvalue weighted by Crippen LogP contribution is 2.67. The largest absolute Gasteiger partial charge is 0.317 e. The fourth-order valence-corrected chi connectivity index (χ4v) is 3.31. The van der Waals surface area contributed by atoms with Crippen molar-refractivity contribution in [3.8, 4) is 0 Å². The molecule has 13 heavy (non-hydrogen) atoms. The minimum Gasteiger partial charge on any atom is -0.317 e. The second-order valence-electron chi connectivity index (χ2n) is 4.42. The van der Waals surface area contributed by atoms with Gasteiger partial charge in [-0.1, -0.05) is 27.7 Å². The van der Waals surface area contributed by atoms with Crippen LogP contribution in [0.3, 0.4) is 0 Å². The zero-order valence-electron chi connectivity index (χ0n) is 8.60. The summed E-state index contributed by atoms with van der Waals surface area (Å²) in [5.41, 5.74) is -1.03. The van der Waals surface area contributed by atoms with E-state index in [9.17, 15) is 4.79 Å². The van der Waals surface area contributed by atoms with Crippen LogP contribution in [0.5, 0.6) is 0 Å². The van der Waals surface area contributed by atoms with Crippen molar-refractivity contribution in [3.63, 3.8) is 0 Å². The molecule has 0 unspecified atom stereocenters. The average molecular weight is 223 g/mol. The van der Waals surface area contributed by atoms with Crippen molar-refractivity contribution in [2.24, 2.45) is 10.8 Å². The van der Waals surface area contributed by atoms with Crippen molar-refractivity contribution in [3.05, 3.63) is 0 Å². The summed E-state index contributed by atoms with van der Waals surface area (Å²) in [6.07, 6.45) is 0. The number of carbonyl (C=O) groups excluding carboxylic acids is 1. The summed E-state index contributed by atoms with van der Waals surface area (Å²) >= 11 is 7.59. The first-order valence-corrected chi connectivity index (χ1v) is 5.29. The number of alkyl halides is 1. The molecule has 0 aromatic rings. The van der Waals surface area contributed by atoms with E-state index in [0.29, 0.717) is 0 Å². The molecule has 1 fully saturated rings. The highest BCUT2D eigenvalue weighted by Gasteiger charge is 2.73. The summed E-state index contributed by atoms with van der Waals surface area (Å²) < 4.78 is 4.35. The average Bonchev–Trinajstić information content (AvgIpc) is 2.02. The lowest BCUT2D eigenvalue weighted by Crippen LogP contribution is -2.69. The summed E-state index contributed by atoms with van der Waals surface area (Å²) in [7, 11) is 1.57. The van der Waals surface area contributed by atoms with Crippen LogP contribution in [0.15, 0.2) is 0 Å². The van der Waals surface area contributed by atoms with E-state index in [1.807, 2.05) is 27.7 Å². The maximum Gasteiger partial charge on any atom is 0.149 e. The van der Waals surface area contributed by atoms with Crippen molar-refractivity contribution in [2.75, 3.05) is 7.11 Å². The molecule has 1 aliphatic rings. The third kappa shape index (κ3) is 1.10. The summed E-state index contributed by atoms with van der Waals surface area (Å²) in [6.45, 7) is 7.44. The molecule has 0 aliphatic heterocycles. The van der Waals surface area contributed by atoms with Crippen LogP contribution in [-0.4, -0.2) is 17.1 Å². The first-order chi connectivity index (χ1) is 5.72. The summed E-state index contributed by atoms with van der Waals surface area (Å²) in [4.78, 5) is 11.7. The molecule has 1 aliphatic carbocycles. The smallest absolute Gasteiger partial charge is 0.149 e. The summed E-state index contributed by atoms with van der Waals surface area (Å²) in [6, 6.07) is 0. The number of halogens is 1. The molecule has 0 saturated heterocycles. The van der Waals surface area contributed by atoms with Gasteiger partial charge in [0.25, 0.3) is 0 Å². The van der Waals surface area contributed by atoms with Gasteiger partial charge in [-0.2, -0.15) is 0 Å². The van der Waals surface area contributed by atoms with Crippen LogP contribution in [0.2, 0.25) is 0 Å². The Morgan fingerprint density at radius 3 is 1.92 bits per heavy atom. The molecule has 76 valence electrons. The van der Waals surface area contributed by atoms with Crippen molar-refractivity contribution in [1.29, 1.82) is 0 Å². The standard InChI is InChI=1S/C9H15ClO2S/c1-7(2)6(11)8(3,4)9(7,10)13-12-5/h1-5H3. The number of rotatable bonds is 2. The third-order valence-electron chi connectivity index (χ3n) is 2.94. The van der Waals surface area contributed by atoms with Crippen LogP contribution in [0.25, 0.3) is 0 Å². The maximum absolute atomic E-state index is 11.7. The molecule has 0 radical (unpaired) electrons. The number of hydrogen-bond donors (Lipinski definition) is 0. The second kappa shape index (κ2) is 2.88. The number of hydrogen-bond acceptors (Lipinski definition) is 3. The highest BCUT2D eigenvalue weighted by atomic mass is 35.5. The predicted octanol–water partition coefficient (Wildman–Crippen LogP) is 2.85. The molecule has 0 heterocycles. The van der Waals surface area contributed by atoms with Gasteiger partial charge in [-0.3, -0.25) is 4.79 Å². The topological polar surface area (TPSA) is 26.3 Å². The minimum atomic E-state index is -0.647. The Balaban J connectivity index is 3.02. The van der Waals surface area contributed by atoms with E-state index in [0.717, 1.165) is 0 Å². The van der Waals surface area contributed by atoms with E-state index >= 15 is 0 Å². The Morgan fingerprint density at radius 2 is 1.62 bits per heavy atom. The second-order valence-corrected chi connectivity index (χ2v) is 6.33. The Bertz CT molecular complexity index is 230. The van der Waals surface area contributed by atoms with Crippen LogP contribution in [-0.2, 0) is 8.98 Å². The van der Waals surface area contributed by atoms with Crippen LogP contribution in [0, 0.1) is 10.8 Å². The molecular weight excluding hydrogens is 208 g/mol. The van der Waals surface area contributed by atoms with Crippen molar-refractivity contribution >= 4 is 29.4 Å². The summed E-state index contributed by atoms with van der Waals surface area (Å²) in [5, 5.41) is 0. The number of ketones is 1. The zero-order chi connectivity index (χ0) is 10.5. The quantitative estimate of drug-likeness (QED) is 0.531. The Morgan fingerprint density at radius 1 is 1.23 bits per heavy atom. The number of carbonyl (C=O) groups is 1. The molecule has 1 rings (SSSR count). The number of Topliss-reactive ketones (excluding diaryl/α,β-unsaturated/α-hetero) is 1. The van der Waals surface area contributed by atoms with Gasteiger partial charge in [-0.05, 0) is 0 Å². The third-order valence-corrected chi connectivity index (χ3v) is 5.49. The van der Waals surface area contributed by atoms with E-state index in [4.69, 9.17) is 15.8 Å². The molecular formula is C9H15ClO2S. The molecule has 0 spiro atoms. The van der Waals surface area contributed by atoms with Crippen LogP contribution in [0.4, 0.5) is 0 Å². The Kier molecular flexibility index (Phi) is 2.51. The van der Waals surface area contributed by atoms with Crippen molar-refractivity contribution in [1.82, 2.24) is 0 Å². The fourth-order valence-electron chi connectivity index (χ4n) is 2.12.